The Labute approximate surface area is 138 Å². The second kappa shape index (κ2) is 6.16. The second-order valence-electron chi connectivity index (χ2n) is 5.53. The van der Waals surface area contributed by atoms with Crippen molar-refractivity contribution in [3.05, 3.63) is 76.0 Å². The van der Waals surface area contributed by atoms with Crippen LogP contribution >= 0.6 is 0 Å². The van der Waals surface area contributed by atoms with Crippen LogP contribution in [0.1, 0.15) is 28.9 Å². The fourth-order valence-electron chi connectivity index (χ4n) is 2.79. The molecule has 0 bridgehead atoms. The van der Waals surface area contributed by atoms with Crippen LogP contribution < -0.4 is 0 Å². The van der Waals surface area contributed by atoms with Gasteiger partial charge in [0.25, 0.3) is 5.69 Å². The van der Waals surface area contributed by atoms with Crippen LogP contribution in [0.15, 0.2) is 54.7 Å². The Morgan fingerprint density at radius 1 is 1.17 bits per heavy atom. The molecular formula is C18H16N2O4. The van der Waals surface area contributed by atoms with Gasteiger partial charge in [-0.3, -0.25) is 10.1 Å². The van der Waals surface area contributed by atoms with Crippen molar-refractivity contribution in [1.82, 2.24) is 4.57 Å². The molecule has 0 saturated heterocycles. The van der Waals surface area contributed by atoms with Gasteiger partial charge in [0.1, 0.15) is 6.10 Å². The van der Waals surface area contributed by atoms with Gasteiger partial charge in [0.2, 0.25) is 0 Å². The van der Waals surface area contributed by atoms with E-state index in [-0.39, 0.29) is 5.69 Å². The Morgan fingerprint density at radius 2 is 1.83 bits per heavy atom. The Kier molecular flexibility index (Phi) is 4.04. The van der Waals surface area contributed by atoms with Crippen LogP contribution in [0.25, 0.3) is 10.9 Å². The second-order valence-corrected chi connectivity index (χ2v) is 5.53. The lowest BCUT2D eigenvalue weighted by atomic mass is 10.1. The van der Waals surface area contributed by atoms with Crippen molar-refractivity contribution in [2.45, 2.75) is 13.0 Å². The highest BCUT2D eigenvalue weighted by Crippen LogP contribution is 2.29. The summed E-state index contributed by atoms with van der Waals surface area (Å²) >= 11 is 0. The molecule has 6 heteroatoms. The van der Waals surface area contributed by atoms with Crippen LogP contribution in [0.3, 0.4) is 0 Å². The lowest BCUT2D eigenvalue weighted by Crippen LogP contribution is -2.10. The summed E-state index contributed by atoms with van der Waals surface area (Å²) in [6, 6.07) is 13.8. The summed E-state index contributed by atoms with van der Waals surface area (Å²) in [5, 5.41) is 11.9. The van der Waals surface area contributed by atoms with Gasteiger partial charge in [0, 0.05) is 30.2 Å². The van der Waals surface area contributed by atoms with Gasteiger partial charge in [0.05, 0.1) is 16.1 Å². The van der Waals surface area contributed by atoms with Gasteiger partial charge in [0.15, 0.2) is 0 Å². The zero-order valence-electron chi connectivity index (χ0n) is 13.3. The summed E-state index contributed by atoms with van der Waals surface area (Å²) in [4.78, 5) is 23.2. The number of carbonyl (C=O) groups is 1. The van der Waals surface area contributed by atoms with Gasteiger partial charge < -0.3 is 9.30 Å². The first kappa shape index (κ1) is 15.7. The SMILES string of the molecule is CC(OC(=O)c1cn(C)c2ccccc12)c1ccccc1[N+](=O)[O-]. The predicted octanol–water partition coefficient (Wildman–Crippen LogP) is 4.00. The van der Waals surface area contributed by atoms with E-state index in [4.69, 9.17) is 4.74 Å². The number of hydrogen-bond acceptors (Lipinski definition) is 4. The number of nitrogens with zero attached hydrogens (tertiary/aromatic N) is 2. The summed E-state index contributed by atoms with van der Waals surface area (Å²) in [6.45, 7) is 1.63. The van der Waals surface area contributed by atoms with E-state index in [1.165, 1.54) is 6.07 Å². The highest BCUT2D eigenvalue weighted by molar-refractivity contribution is 6.04. The third-order valence-electron chi connectivity index (χ3n) is 3.97. The van der Waals surface area contributed by atoms with Crippen LogP contribution in [-0.2, 0) is 11.8 Å². The lowest BCUT2D eigenvalue weighted by Gasteiger charge is -2.13. The molecule has 0 spiro atoms. The molecule has 3 rings (SSSR count). The van der Waals surface area contributed by atoms with Crippen LogP contribution in [0, 0.1) is 10.1 Å². The average Bonchev–Trinajstić information content (AvgIpc) is 2.92. The van der Waals surface area contributed by atoms with Crippen LogP contribution in [-0.4, -0.2) is 15.5 Å². The number of aromatic nitrogens is 1. The van der Waals surface area contributed by atoms with E-state index in [0.29, 0.717) is 11.1 Å². The van der Waals surface area contributed by atoms with Crippen molar-refractivity contribution in [2.75, 3.05) is 0 Å². The standard InChI is InChI=1S/C18H16N2O4/c1-12(13-7-3-6-10-17(13)20(22)23)24-18(21)15-11-19(2)16-9-5-4-8-14(15)16/h3-12H,1-2H3. The highest BCUT2D eigenvalue weighted by Gasteiger charge is 2.23. The minimum atomic E-state index is -0.724. The summed E-state index contributed by atoms with van der Waals surface area (Å²) in [7, 11) is 1.85. The lowest BCUT2D eigenvalue weighted by molar-refractivity contribution is -0.386. The van der Waals surface area contributed by atoms with Crippen molar-refractivity contribution in [2.24, 2.45) is 7.05 Å². The first-order valence-corrected chi connectivity index (χ1v) is 7.47. The molecule has 0 radical (unpaired) electrons. The predicted molar refractivity (Wildman–Crippen MR) is 89.8 cm³/mol. The number of nitro benzene ring substituents is 1. The quantitative estimate of drug-likeness (QED) is 0.413. The smallest absolute Gasteiger partial charge is 0.340 e. The molecule has 3 aromatic rings. The molecule has 0 amide bonds. The third kappa shape index (κ3) is 2.74. The van der Waals surface area contributed by atoms with Gasteiger partial charge >= 0.3 is 5.97 Å². The van der Waals surface area contributed by atoms with Gasteiger partial charge in [-0.1, -0.05) is 30.3 Å². The van der Waals surface area contributed by atoms with Crippen LogP contribution in [0.2, 0.25) is 0 Å². The first-order chi connectivity index (χ1) is 11.5. The zero-order valence-corrected chi connectivity index (χ0v) is 13.3. The van der Waals surface area contributed by atoms with E-state index in [0.717, 1.165) is 10.9 Å². The Hall–Kier alpha value is -3.15. The maximum absolute atomic E-state index is 12.5. The van der Waals surface area contributed by atoms with Gasteiger partial charge in [-0.05, 0) is 19.1 Å². The number of esters is 1. The molecule has 6 nitrogen and oxygen atoms in total. The molecule has 0 N–H and O–H groups in total. The number of carbonyl (C=O) groups excluding carboxylic acids is 1. The minimum absolute atomic E-state index is 0.0595. The number of hydrogen-bond donors (Lipinski definition) is 0. The molecule has 2 aromatic carbocycles. The topological polar surface area (TPSA) is 74.4 Å². The summed E-state index contributed by atoms with van der Waals surface area (Å²) < 4.78 is 7.33. The monoisotopic (exact) mass is 324 g/mol. The molecule has 1 atom stereocenters. The van der Waals surface area contributed by atoms with Crippen LogP contribution in [0.5, 0.6) is 0 Å². The number of fused-ring (bicyclic) bond motifs is 1. The van der Waals surface area contributed by atoms with Crippen LogP contribution in [0.4, 0.5) is 5.69 Å². The van der Waals surface area contributed by atoms with Crippen molar-refractivity contribution < 1.29 is 14.5 Å². The highest BCUT2D eigenvalue weighted by atomic mass is 16.6. The number of nitro groups is 1. The van der Waals surface area contributed by atoms with E-state index >= 15 is 0 Å². The number of ether oxygens (including phenoxy) is 1. The molecule has 0 fully saturated rings. The maximum Gasteiger partial charge on any atom is 0.340 e. The molecule has 24 heavy (non-hydrogen) atoms. The van der Waals surface area contributed by atoms with E-state index in [1.54, 1.807) is 31.3 Å². The Bertz CT molecular complexity index is 930. The van der Waals surface area contributed by atoms with E-state index in [9.17, 15) is 14.9 Å². The summed E-state index contributed by atoms with van der Waals surface area (Å²) in [5.74, 6) is -0.502. The molecule has 0 aliphatic heterocycles. The Balaban J connectivity index is 1.91. The third-order valence-corrected chi connectivity index (χ3v) is 3.97. The molecule has 1 aromatic heterocycles. The number of benzene rings is 2. The van der Waals surface area contributed by atoms with Crippen molar-refractivity contribution in [3.63, 3.8) is 0 Å². The van der Waals surface area contributed by atoms with Gasteiger partial charge in [-0.2, -0.15) is 0 Å². The van der Waals surface area contributed by atoms with Gasteiger partial charge in [-0.25, -0.2) is 4.79 Å². The number of aryl methyl sites for hydroxylation is 1. The van der Waals surface area contributed by atoms with E-state index < -0.39 is 17.0 Å². The minimum Gasteiger partial charge on any atom is -0.454 e. The summed E-state index contributed by atoms with van der Waals surface area (Å²) in [6.07, 6.45) is 0.983. The molecule has 1 heterocycles. The molecule has 0 saturated carbocycles. The molecule has 0 aliphatic rings. The normalized spacial score (nSPS) is 12.1. The van der Waals surface area contributed by atoms with Crippen molar-refractivity contribution >= 4 is 22.6 Å². The molecule has 0 aliphatic carbocycles. The first-order valence-electron chi connectivity index (χ1n) is 7.47. The fourth-order valence-corrected chi connectivity index (χ4v) is 2.79. The fraction of sp³-hybridized carbons (Fsp3) is 0.167. The largest absolute Gasteiger partial charge is 0.454 e. The number of rotatable bonds is 4. The zero-order chi connectivity index (χ0) is 17.3. The van der Waals surface area contributed by atoms with E-state index in [1.807, 2.05) is 35.9 Å². The van der Waals surface area contributed by atoms with Crippen molar-refractivity contribution in [3.8, 4) is 0 Å². The summed E-state index contributed by atoms with van der Waals surface area (Å²) in [5.41, 5.74) is 1.67. The van der Waals surface area contributed by atoms with E-state index in [2.05, 4.69) is 0 Å². The molecule has 122 valence electrons. The molecular weight excluding hydrogens is 308 g/mol. The van der Waals surface area contributed by atoms with Crippen molar-refractivity contribution in [1.29, 1.82) is 0 Å². The average molecular weight is 324 g/mol. The molecule has 1 unspecified atom stereocenters. The maximum atomic E-state index is 12.5. The van der Waals surface area contributed by atoms with Gasteiger partial charge in [-0.15, -0.1) is 0 Å². The Morgan fingerprint density at radius 3 is 2.58 bits per heavy atom. The number of para-hydroxylation sites is 2.